The van der Waals surface area contributed by atoms with Crippen LogP contribution in [0.15, 0.2) is 93.4 Å². The Bertz CT molecular complexity index is 1520. The molecule has 0 aliphatic rings. The Morgan fingerprint density at radius 2 is 1.78 bits per heavy atom. The average Bonchev–Trinajstić information content (AvgIpc) is 3.17. The number of rotatable bonds is 5. The molecule has 3 aromatic carbocycles. The molecule has 5 aromatic rings. The third-order valence-electron chi connectivity index (χ3n) is 5.52. The van der Waals surface area contributed by atoms with Crippen molar-refractivity contribution in [3.05, 3.63) is 111 Å². The number of aryl methyl sites for hydroxylation is 1. The normalized spacial score (nSPS) is 11.7. The molecule has 5 nitrogen and oxygen atoms in total. The minimum absolute atomic E-state index is 0.169. The van der Waals surface area contributed by atoms with E-state index in [9.17, 15) is 4.79 Å². The maximum absolute atomic E-state index is 13.2. The molecule has 0 amide bonds. The van der Waals surface area contributed by atoms with Crippen molar-refractivity contribution in [3.63, 3.8) is 0 Å². The lowest BCUT2D eigenvalue weighted by Crippen LogP contribution is -2.22. The van der Waals surface area contributed by atoms with Crippen LogP contribution >= 0.6 is 15.9 Å². The molecule has 2 heterocycles. The van der Waals surface area contributed by atoms with E-state index in [0.29, 0.717) is 23.1 Å². The molecule has 0 aliphatic heterocycles. The van der Waals surface area contributed by atoms with Crippen molar-refractivity contribution in [2.75, 3.05) is 0 Å². The molecule has 5 rings (SSSR count). The van der Waals surface area contributed by atoms with Crippen LogP contribution in [0.3, 0.4) is 0 Å². The van der Waals surface area contributed by atoms with Crippen molar-refractivity contribution in [3.8, 4) is 0 Å². The highest BCUT2D eigenvalue weighted by atomic mass is 79.9. The molecule has 0 saturated carbocycles. The second kappa shape index (κ2) is 8.55. The van der Waals surface area contributed by atoms with Gasteiger partial charge in [-0.25, -0.2) is 4.98 Å². The molecule has 2 aromatic heterocycles. The molecular weight excluding hydrogens is 464 g/mol. The zero-order valence-electron chi connectivity index (χ0n) is 17.6. The van der Waals surface area contributed by atoms with Gasteiger partial charge in [0.1, 0.15) is 5.82 Å². The summed E-state index contributed by atoms with van der Waals surface area (Å²) >= 11 is 3.44. The van der Waals surface area contributed by atoms with Gasteiger partial charge in [-0.1, -0.05) is 71.4 Å². The number of halogens is 1. The number of aromatic nitrogens is 3. The van der Waals surface area contributed by atoms with E-state index in [1.807, 2.05) is 49.4 Å². The summed E-state index contributed by atoms with van der Waals surface area (Å²) in [4.78, 5) is 17.8. The zero-order chi connectivity index (χ0) is 22.1. The molecule has 0 bridgehead atoms. The van der Waals surface area contributed by atoms with Gasteiger partial charge in [0, 0.05) is 40.1 Å². The molecule has 0 saturated heterocycles. The van der Waals surface area contributed by atoms with Crippen molar-refractivity contribution < 1.29 is 0 Å². The lowest BCUT2D eigenvalue weighted by molar-refractivity contribution is 0.734. The molecule has 32 heavy (non-hydrogen) atoms. The van der Waals surface area contributed by atoms with E-state index in [1.165, 1.54) is 10.2 Å². The average molecular weight is 485 g/mol. The van der Waals surface area contributed by atoms with Gasteiger partial charge in [-0.2, -0.15) is 9.78 Å². The highest BCUT2D eigenvalue weighted by Crippen LogP contribution is 2.22. The van der Waals surface area contributed by atoms with Gasteiger partial charge in [-0.05, 0) is 29.8 Å². The quantitative estimate of drug-likeness (QED) is 0.304. The largest absolute Gasteiger partial charge is 0.342 e. The number of para-hydroxylation sites is 1. The summed E-state index contributed by atoms with van der Waals surface area (Å²) in [7, 11) is 0. The first-order chi connectivity index (χ1) is 15.6. The zero-order valence-corrected chi connectivity index (χ0v) is 19.2. The molecule has 0 N–H and O–H groups in total. The van der Waals surface area contributed by atoms with Crippen molar-refractivity contribution in [2.24, 2.45) is 5.10 Å². The van der Waals surface area contributed by atoms with Crippen LogP contribution in [-0.2, 0) is 13.0 Å². The highest BCUT2D eigenvalue weighted by Gasteiger charge is 2.11. The van der Waals surface area contributed by atoms with E-state index in [0.717, 1.165) is 27.5 Å². The Morgan fingerprint density at radius 1 is 1.00 bits per heavy atom. The predicted molar refractivity (Wildman–Crippen MR) is 134 cm³/mol. The number of fused-ring (bicyclic) bond motifs is 2. The van der Waals surface area contributed by atoms with Gasteiger partial charge in [-0.15, -0.1) is 0 Å². The minimum Gasteiger partial charge on any atom is -0.342 e. The predicted octanol–water partition coefficient (Wildman–Crippen LogP) is 5.61. The fraction of sp³-hybridized carbons (Fsp3) is 0.115. The molecule has 0 fully saturated rings. The molecular formula is C26H21BrN4O. The van der Waals surface area contributed by atoms with Gasteiger partial charge >= 0.3 is 0 Å². The summed E-state index contributed by atoms with van der Waals surface area (Å²) in [6.45, 7) is 2.74. The van der Waals surface area contributed by atoms with Crippen LogP contribution in [0, 0.1) is 0 Å². The summed E-state index contributed by atoms with van der Waals surface area (Å²) in [5.41, 5.74) is 3.82. The fourth-order valence-corrected chi connectivity index (χ4v) is 4.31. The Hall–Kier alpha value is -3.51. The topological polar surface area (TPSA) is 52.2 Å². The van der Waals surface area contributed by atoms with E-state index in [1.54, 1.807) is 12.3 Å². The third-order valence-corrected chi connectivity index (χ3v) is 6.01. The maximum atomic E-state index is 13.2. The van der Waals surface area contributed by atoms with Gasteiger partial charge in [0.2, 0.25) is 0 Å². The standard InChI is InChI=1S/C26H21BrN4O/c1-2-25-29-23-13-12-20(27)14-22(23)26(32)31(25)28-15-19-17-30(16-18-8-4-3-5-9-18)24-11-7-6-10-21(19)24/h3-15,17H,2,16H2,1H3. The summed E-state index contributed by atoms with van der Waals surface area (Å²) in [5, 5.41) is 6.22. The van der Waals surface area contributed by atoms with Crippen LogP contribution in [0.5, 0.6) is 0 Å². The SMILES string of the molecule is CCc1nc2ccc(Br)cc2c(=O)n1N=Cc1cn(Cc2ccccc2)c2ccccc12. The number of nitrogens with zero attached hydrogens (tertiary/aromatic N) is 4. The van der Waals surface area contributed by atoms with Crippen molar-refractivity contribution in [1.29, 1.82) is 0 Å². The molecule has 0 aliphatic carbocycles. The Balaban J connectivity index is 1.61. The molecule has 6 heteroatoms. The monoisotopic (exact) mass is 484 g/mol. The third kappa shape index (κ3) is 3.78. The molecule has 0 atom stereocenters. The second-order valence-corrected chi connectivity index (χ2v) is 8.54. The summed E-state index contributed by atoms with van der Waals surface area (Å²) in [6, 6.07) is 24.1. The Labute approximate surface area is 193 Å². The van der Waals surface area contributed by atoms with Gasteiger partial charge in [-0.3, -0.25) is 4.79 Å². The summed E-state index contributed by atoms with van der Waals surface area (Å²) in [6.07, 6.45) is 4.45. The molecule has 0 unspecified atom stereocenters. The van der Waals surface area contributed by atoms with Crippen LogP contribution in [0.1, 0.15) is 23.9 Å². The maximum Gasteiger partial charge on any atom is 0.282 e. The van der Waals surface area contributed by atoms with Crippen molar-refractivity contribution >= 4 is 44.0 Å². The van der Waals surface area contributed by atoms with Crippen molar-refractivity contribution in [1.82, 2.24) is 14.2 Å². The highest BCUT2D eigenvalue weighted by molar-refractivity contribution is 9.10. The van der Waals surface area contributed by atoms with Gasteiger partial charge in [0.05, 0.1) is 17.1 Å². The second-order valence-electron chi connectivity index (χ2n) is 7.62. The lowest BCUT2D eigenvalue weighted by atomic mass is 10.2. The van der Waals surface area contributed by atoms with Gasteiger partial charge in [0.25, 0.3) is 5.56 Å². The van der Waals surface area contributed by atoms with Crippen LogP contribution in [0.2, 0.25) is 0 Å². The first kappa shape index (κ1) is 20.4. The summed E-state index contributed by atoms with van der Waals surface area (Å²) in [5.74, 6) is 0.633. The van der Waals surface area contributed by atoms with Crippen LogP contribution in [0.25, 0.3) is 21.8 Å². The Kier molecular flexibility index (Phi) is 5.45. The van der Waals surface area contributed by atoms with E-state index in [-0.39, 0.29) is 5.56 Å². The van der Waals surface area contributed by atoms with Crippen LogP contribution in [-0.4, -0.2) is 20.4 Å². The minimum atomic E-state index is -0.169. The van der Waals surface area contributed by atoms with Gasteiger partial charge < -0.3 is 4.57 Å². The fourth-order valence-electron chi connectivity index (χ4n) is 3.95. The van der Waals surface area contributed by atoms with Crippen LogP contribution in [0.4, 0.5) is 0 Å². The van der Waals surface area contributed by atoms with Gasteiger partial charge in [0.15, 0.2) is 0 Å². The number of hydrogen-bond donors (Lipinski definition) is 0. The van der Waals surface area contributed by atoms with E-state index in [2.05, 4.69) is 61.0 Å². The summed E-state index contributed by atoms with van der Waals surface area (Å²) < 4.78 is 4.47. The smallest absolute Gasteiger partial charge is 0.282 e. The van der Waals surface area contributed by atoms with E-state index in [4.69, 9.17) is 0 Å². The Morgan fingerprint density at radius 3 is 2.59 bits per heavy atom. The number of benzene rings is 3. The first-order valence-corrected chi connectivity index (χ1v) is 11.3. The molecule has 158 valence electrons. The van der Waals surface area contributed by atoms with E-state index < -0.39 is 0 Å². The first-order valence-electron chi connectivity index (χ1n) is 10.5. The van der Waals surface area contributed by atoms with Crippen molar-refractivity contribution in [2.45, 2.75) is 19.9 Å². The lowest BCUT2D eigenvalue weighted by Gasteiger charge is -2.07. The number of hydrogen-bond acceptors (Lipinski definition) is 3. The van der Waals surface area contributed by atoms with Crippen LogP contribution < -0.4 is 5.56 Å². The molecule has 0 radical (unpaired) electrons. The van der Waals surface area contributed by atoms with E-state index >= 15 is 0 Å². The molecule has 0 spiro atoms.